The standard InChI is InChI=1S/C17H21FN4O3/c1-11-9-22(17(25)20-16(11)24)14-4-7-21(8-5-15(14)23)10-13-12(18)3-2-6-19-13/h2-3,6,9,14-15,23H,4-5,7-8,10H2,1H3,(H,20,24,25)/t14-,15-/m0/s1. The molecular weight excluding hydrogens is 327 g/mol. The van der Waals surface area contributed by atoms with Gasteiger partial charge in [0.15, 0.2) is 0 Å². The SMILES string of the molecule is Cc1cn([C@H]2CCN(Cc3ncccc3F)CC[C@@H]2O)c(=O)[nH]c1=O. The van der Waals surface area contributed by atoms with Crippen molar-refractivity contribution in [1.82, 2.24) is 19.4 Å². The minimum absolute atomic E-state index is 0.351. The first-order valence-electron chi connectivity index (χ1n) is 8.27. The Hall–Kier alpha value is -2.32. The molecule has 1 aliphatic heterocycles. The second kappa shape index (κ2) is 7.28. The number of aliphatic hydroxyl groups is 1. The fourth-order valence-electron chi connectivity index (χ4n) is 3.19. The first kappa shape index (κ1) is 17.5. The van der Waals surface area contributed by atoms with Gasteiger partial charge in [-0.1, -0.05) is 0 Å². The highest BCUT2D eigenvalue weighted by Crippen LogP contribution is 2.23. The van der Waals surface area contributed by atoms with Crippen LogP contribution in [0.1, 0.15) is 30.1 Å². The molecule has 0 radical (unpaired) electrons. The highest BCUT2D eigenvalue weighted by atomic mass is 19.1. The molecule has 2 atom stereocenters. The highest BCUT2D eigenvalue weighted by molar-refractivity contribution is 5.07. The summed E-state index contributed by atoms with van der Waals surface area (Å²) in [7, 11) is 0. The molecule has 2 aromatic heterocycles. The van der Waals surface area contributed by atoms with E-state index in [1.54, 1.807) is 19.2 Å². The summed E-state index contributed by atoms with van der Waals surface area (Å²) in [4.78, 5) is 32.0. The molecule has 8 heteroatoms. The molecule has 7 nitrogen and oxygen atoms in total. The fraction of sp³-hybridized carbons (Fsp3) is 0.471. The van der Waals surface area contributed by atoms with Crippen molar-refractivity contribution < 1.29 is 9.50 Å². The zero-order valence-electron chi connectivity index (χ0n) is 14.0. The average molecular weight is 348 g/mol. The lowest BCUT2D eigenvalue weighted by Crippen LogP contribution is -2.37. The maximum atomic E-state index is 13.8. The number of aromatic nitrogens is 3. The maximum absolute atomic E-state index is 13.8. The molecule has 0 aromatic carbocycles. The molecule has 1 fully saturated rings. The van der Waals surface area contributed by atoms with E-state index in [0.29, 0.717) is 43.7 Å². The molecule has 0 amide bonds. The normalized spacial score (nSPS) is 21.9. The number of aromatic amines is 1. The van der Waals surface area contributed by atoms with Crippen molar-refractivity contribution in [2.75, 3.05) is 13.1 Å². The third kappa shape index (κ3) is 3.85. The van der Waals surface area contributed by atoms with Gasteiger partial charge >= 0.3 is 5.69 Å². The summed E-state index contributed by atoms with van der Waals surface area (Å²) in [6.07, 6.45) is 3.28. The number of hydrogen-bond donors (Lipinski definition) is 2. The number of aryl methyl sites for hydroxylation is 1. The van der Waals surface area contributed by atoms with Crippen LogP contribution in [0.4, 0.5) is 4.39 Å². The van der Waals surface area contributed by atoms with Crippen molar-refractivity contribution in [3.05, 3.63) is 62.4 Å². The van der Waals surface area contributed by atoms with E-state index in [9.17, 15) is 19.1 Å². The van der Waals surface area contributed by atoms with Crippen LogP contribution in [-0.2, 0) is 6.54 Å². The summed E-state index contributed by atoms with van der Waals surface area (Å²) in [5.41, 5.74) is -0.156. The van der Waals surface area contributed by atoms with Gasteiger partial charge in [0.1, 0.15) is 5.82 Å². The Morgan fingerprint density at radius 1 is 1.36 bits per heavy atom. The second-order valence-corrected chi connectivity index (χ2v) is 6.40. The highest BCUT2D eigenvalue weighted by Gasteiger charge is 2.27. The maximum Gasteiger partial charge on any atom is 0.328 e. The molecule has 3 heterocycles. The molecule has 1 aliphatic rings. The summed E-state index contributed by atoms with van der Waals surface area (Å²) in [5.74, 6) is -0.351. The van der Waals surface area contributed by atoms with Crippen LogP contribution < -0.4 is 11.2 Å². The van der Waals surface area contributed by atoms with Crippen LogP contribution in [0.2, 0.25) is 0 Å². The van der Waals surface area contributed by atoms with E-state index in [2.05, 4.69) is 9.97 Å². The molecule has 3 rings (SSSR count). The first-order chi connectivity index (χ1) is 12.0. The Balaban J connectivity index is 1.78. The van der Waals surface area contributed by atoms with Crippen LogP contribution in [0.25, 0.3) is 0 Å². The molecule has 0 aliphatic carbocycles. The number of nitrogens with zero attached hydrogens (tertiary/aromatic N) is 3. The van der Waals surface area contributed by atoms with Gasteiger partial charge in [-0.15, -0.1) is 0 Å². The van der Waals surface area contributed by atoms with Crippen molar-refractivity contribution in [3.8, 4) is 0 Å². The summed E-state index contributed by atoms with van der Waals surface area (Å²) in [6, 6.07) is 2.49. The fourth-order valence-corrected chi connectivity index (χ4v) is 3.19. The number of rotatable bonds is 3. The van der Waals surface area contributed by atoms with Gasteiger partial charge in [0, 0.05) is 37.6 Å². The van der Waals surface area contributed by atoms with Crippen molar-refractivity contribution in [2.45, 2.75) is 38.5 Å². The molecule has 0 unspecified atom stereocenters. The zero-order chi connectivity index (χ0) is 18.0. The quantitative estimate of drug-likeness (QED) is 0.847. The number of halogens is 1. The number of nitrogens with one attached hydrogen (secondary N) is 1. The van der Waals surface area contributed by atoms with E-state index in [1.165, 1.54) is 16.8 Å². The molecule has 1 saturated heterocycles. The van der Waals surface area contributed by atoms with Gasteiger partial charge in [-0.05, 0) is 31.9 Å². The van der Waals surface area contributed by atoms with Crippen LogP contribution in [0.15, 0.2) is 34.1 Å². The number of pyridine rings is 1. The Morgan fingerprint density at radius 3 is 2.88 bits per heavy atom. The lowest BCUT2D eigenvalue weighted by molar-refractivity contribution is 0.105. The van der Waals surface area contributed by atoms with Crippen LogP contribution in [-0.4, -0.2) is 43.7 Å². The molecule has 0 bridgehead atoms. The van der Waals surface area contributed by atoms with E-state index in [1.807, 2.05) is 4.90 Å². The summed E-state index contributed by atoms with van der Waals surface area (Å²) in [5, 5.41) is 10.5. The van der Waals surface area contributed by atoms with E-state index < -0.39 is 23.4 Å². The van der Waals surface area contributed by atoms with E-state index >= 15 is 0 Å². The lowest BCUT2D eigenvalue weighted by atomic mass is 10.1. The number of H-pyrrole nitrogens is 1. The number of likely N-dealkylation sites (tertiary alicyclic amines) is 1. The summed E-state index contributed by atoms with van der Waals surface area (Å²) in [6.45, 7) is 3.13. The van der Waals surface area contributed by atoms with Crippen LogP contribution in [0.5, 0.6) is 0 Å². The van der Waals surface area contributed by atoms with Crippen molar-refractivity contribution in [2.24, 2.45) is 0 Å². The summed E-state index contributed by atoms with van der Waals surface area (Å²) < 4.78 is 15.2. The van der Waals surface area contributed by atoms with E-state index in [0.717, 1.165) is 0 Å². The monoisotopic (exact) mass is 348 g/mol. The minimum atomic E-state index is -0.721. The van der Waals surface area contributed by atoms with Gasteiger partial charge in [-0.3, -0.25) is 24.2 Å². The lowest BCUT2D eigenvalue weighted by Gasteiger charge is -2.22. The van der Waals surface area contributed by atoms with Gasteiger partial charge in [0.25, 0.3) is 5.56 Å². The largest absolute Gasteiger partial charge is 0.391 e. The van der Waals surface area contributed by atoms with E-state index in [4.69, 9.17) is 0 Å². The molecule has 25 heavy (non-hydrogen) atoms. The number of hydrogen-bond acceptors (Lipinski definition) is 5. The van der Waals surface area contributed by atoms with Crippen molar-refractivity contribution >= 4 is 0 Å². The Labute approximate surface area is 143 Å². The van der Waals surface area contributed by atoms with Gasteiger partial charge < -0.3 is 5.11 Å². The second-order valence-electron chi connectivity index (χ2n) is 6.40. The molecule has 2 aromatic rings. The van der Waals surface area contributed by atoms with Crippen LogP contribution in [0, 0.1) is 12.7 Å². The Kier molecular flexibility index (Phi) is 5.10. The van der Waals surface area contributed by atoms with Crippen LogP contribution >= 0.6 is 0 Å². The van der Waals surface area contributed by atoms with Gasteiger partial charge in [-0.25, -0.2) is 9.18 Å². The number of aliphatic hydroxyl groups excluding tert-OH is 1. The Bertz CT molecular complexity index is 863. The van der Waals surface area contributed by atoms with Crippen LogP contribution in [0.3, 0.4) is 0 Å². The topological polar surface area (TPSA) is 91.2 Å². The van der Waals surface area contributed by atoms with E-state index in [-0.39, 0.29) is 5.82 Å². The zero-order valence-corrected chi connectivity index (χ0v) is 14.0. The molecular formula is C17H21FN4O3. The third-order valence-corrected chi connectivity index (χ3v) is 4.64. The Morgan fingerprint density at radius 2 is 2.12 bits per heavy atom. The molecule has 134 valence electrons. The predicted molar refractivity (Wildman–Crippen MR) is 89.8 cm³/mol. The summed E-state index contributed by atoms with van der Waals surface area (Å²) >= 11 is 0. The molecule has 2 N–H and O–H groups in total. The minimum Gasteiger partial charge on any atom is -0.391 e. The first-order valence-corrected chi connectivity index (χ1v) is 8.27. The molecule has 0 saturated carbocycles. The van der Waals surface area contributed by atoms with Gasteiger partial charge in [0.05, 0.1) is 17.8 Å². The molecule has 0 spiro atoms. The predicted octanol–water partition coefficient (Wildman–Crippen LogP) is 0.577. The average Bonchev–Trinajstić information content (AvgIpc) is 2.75. The van der Waals surface area contributed by atoms with Crippen molar-refractivity contribution in [3.63, 3.8) is 0 Å². The van der Waals surface area contributed by atoms with Gasteiger partial charge in [-0.2, -0.15) is 0 Å². The van der Waals surface area contributed by atoms with Crippen molar-refractivity contribution in [1.29, 1.82) is 0 Å². The van der Waals surface area contributed by atoms with Gasteiger partial charge in [0.2, 0.25) is 0 Å². The third-order valence-electron chi connectivity index (χ3n) is 4.64. The smallest absolute Gasteiger partial charge is 0.328 e.